The van der Waals surface area contributed by atoms with E-state index in [9.17, 15) is 9.59 Å². The molecule has 0 saturated heterocycles. The number of furan rings is 1. The third kappa shape index (κ3) is 3.39. The number of carbonyl (C=O) groups is 2. The summed E-state index contributed by atoms with van der Waals surface area (Å²) in [6.45, 7) is 1.39. The second kappa shape index (κ2) is 7.31. The van der Waals surface area contributed by atoms with Crippen molar-refractivity contribution in [2.75, 3.05) is 20.8 Å². The highest BCUT2D eigenvalue weighted by molar-refractivity contribution is 6.00. The number of fused-ring (bicyclic) bond motifs is 1. The Morgan fingerprint density at radius 2 is 1.62 bits per heavy atom. The van der Waals surface area contributed by atoms with Crippen LogP contribution in [-0.2, 0) is 4.74 Å². The van der Waals surface area contributed by atoms with Crippen molar-refractivity contribution in [1.29, 1.82) is 0 Å². The first-order valence-electron chi connectivity index (χ1n) is 7.95. The molecule has 0 aliphatic carbocycles. The van der Waals surface area contributed by atoms with Gasteiger partial charge in [-0.2, -0.15) is 0 Å². The van der Waals surface area contributed by atoms with Crippen molar-refractivity contribution in [2.24, 2.45) is 0 Å². The molecule has 0 saturated carbocycles. The number of ether oxygens (including phenoxy) is 3. The maximum atomic E-state index is 12.3. The molecular weight excluding hydrogens is 336 g/mol. The molecule has 0 N–H and O–H groups in total. The number of aryl methyl sites for hydroxylation is 1. The minimum atomic E-state index is -0.681. The Labute approximate surface area is 150 Å². The van der Waals surface area contributed by atoms with Crippen molar-refractivity contribution in [3.05, 3.63) is 59.4 Å². The van der Waals surface area contributed by atoms with Crippen molar-refractivity contribution in [3.63, 3.8) is 0 Å². The highest BCUT2D eigenvalue weighted by Gasteiger charge is 2.20. The van der Waals surface area contributed by atoms with Gasteiger partial charge in [0.25, 0.3) is 0 Å². The second-order valence-electron chi connectivity index (χ2n) is 5.65. The van der Waals surface area contributed by atoms with E-state index < -0.39 is 5.97 Å². The summed E-state index contributed by atoms with van der Waals surface area (Å²) < 4.78 is 20.9. The van der Waals surface area contributed by atoms with Crippen molar-refractivity contribution in [1.82, 2.24) is 0 Å². The fraction of sp³-hybridized carbons (Fsp3) is 0.200. The van der Waals surface area contributed by atoms with Crippen LogP contribution in [0.3, 0.4) is 0 Å². The summed E-state index contributed by atoms with van der Waals surface area (Å²) in [5.74, 6) is 0.398. The van der Waals surface area contributed by atoms with Gasteiger partial charge in [0.2, 0.25) is 5.76 Å². The van der Waals surface area contributed by atoms with E-state index in [-0.39, 0.29) is 18.2 Å². The molecule has 0 unspecified atom stereocenters. The number of Topliss-reactive ketones (excluding diaryl/α,β-unsaturated/α-hetero) is 1. The zero-order valence-electron chi connectivity index (χ0n) is 14.7. The van der Waals surface area contributed by atoms with Gasteiger partial charge in [0, 0.05) is 16.5 Å². The van der Waals surface area contributed by atoms with Gasteiger partial charge in [0.15, 0.2) is 12.4 Å². The summed E-state index contributed by atoms with van der Waals surface area (Å²) in [5.41, 5.74) is 1.63. The quantitative estimate of drug-likeness (QED) is 0.495. The highest BCUT2D eigenvalue weighted by atomic mass is 16.5. The van der Waals surface area contributed by atoms with Crippen molar-refractivity contribution < 1.29 is 28.2 Å². The molecule has 0 aliphatic heterocycles. The minimum absolute atomic E-state index is 0.0794. The molecule has 6 heteroatoms. The molecule has 0 atom stereocenters. The van der Waals surface area contributed by atoms with E-state index in [0.717, 1.165) is 5.39 Å². The lowest BCUT2D eigenvalue weighted by Crippen LogP contribution is -2.14. The Morgan fingerprint density at radius 3 is 2.27 bits per heavy atom. The van der Waals surface area contributed by atoms with Gasteiger partial charge in [0.05, 0.1) is 14.2 Å². The summed E-state index contributed by atoms with van der Waals surface area (Å²) in [4.78, 5) is 24.5. The SMILES string of the molecule is COc1ccc(C(=O)COC(=O)c2oc3ccc(OC)cc3c2C)cc1. The summed E-state index contributed by atoms with van der Waals surface area (Å²) in [5, 5.41) is 0.762. The average molecular weight is 354 g/mol. The normalized spacial score (nSPS) is 10.6. The molecule has 1 aromatic heterocycles. The van der Waals surface area contributed by atoms with Crippen molar-refractivity contribution in [3.8, 4) is 11.5 Å². The molecule has 0 bridgehead atoms. The number of hydrogen-bond donors (Lipinski definition) is 0. The first kappa shape index (κ1) is 17.5. The maximum absolute atomic E-state index is 12.3. The van der Waals surface area contributed by atoms with Crippen LogP contribution in [0.25, 0.3) is 11.0 Å². The summed E-state index contributed by atoms with van der Waals surface area (Å²) in [6, 6.07) is 11.8. The molecular formula is C20H18O6. The van der Waals surface area contributed by atoms with E-state index in [1.165, 1.54) is 0 Å². The Morgan fingerprint density at radius 1 is 0.962 bits per heavy atom. The van der Waals surface area contributed by atoms with E-state index in [1.807, 2.05) is 0 Å². The van der Waals surface area contributed by atoms with Crippen LogP contribution in [0.1, 0.15) is 26.5 Å². The van der Waals surface area contributed by atoms with Crippen LogP contribution in [0.5, 0.6) is 11.5 Å². The lowest BCUT2D eigenvalue weighted by molar-refractivity contribution is 0.0445. The summed E-state index contributed by atoms with van der Waals surface area (Å²) in [7, 11) is 3.11. The lowest BCUT2D eigenvalue weighted by atomic mass is 10.1. The zero-order valence-corrected chi connectivity index (χ0v) is 14.7. The van der Waals surface area contributed by atoms with Gasteiger partial charge in [-0.25, -0.2) is 4.79 Å². The summed E-state index contributed by atoms with van der Waals surface area (Å²) >= 11 is 0. The first-order valence-corrected chi connectivity index (χ1v) is 7.95. The molecule has 3 aromatic rings. The maximum Gasteiger partial charge on any atom is 0.375 e. The Hall–Kier alpha value is -3.28. The van der Waals surface area contributed by atoms with E-state index in [1.54, 1.807) is 63.6 Å². The number of ketones is 1. The van der Waals surface area contributed by atoms with Gasteiger partial charge in [-0.15, -0.1) is 0 Å². The molecule has 0 amide bonds. The number of carbonyl (C=O) groups excluding carboxylic acids is 2. The smallest absolute Gasteiger partial charge is 0.375 e. The Bertz CT molecular complexity index is 952. The van der Waals surface area contributed by atoms with E-state index in [2.05, 4.69) is 0 Å². The molecule has 0 fully saturated rings. The van der Waals surface area contributed by atoms with Crippen LogP contribution < -0.4 is 9.47 Å². The van der Waals surface area contributed by atoms with Gasteiger partial charge >= 0.3 is 5.97 Å². The topological polar surface area (TPSA) is 75.0 Å². The van der Waals surface area contributed by atoms with Gasteiger partial charge in [-0.05, 0) is 49.4 Å². The lowest BCUT2D eigenvalue weighted by Gasteiger charge is -2.04. The van der Waals surface area contributed by atoms with Crippen LogP contribution in [-0.4, -0.2) is 32.6 Å². The molecule has 1 heterocycles. The first-order chi connectivity index (χ1) is 12.5. The molecule has 0 spiro atoms. The fourth-order valence-electron chi connectivity index (χ4n) is 2.58. The molecule has 26 heavy (non-hydrogen) atoms. The molecule has 2 aromatic carbocycles. The summed E-state index contributed by atoms with van der Waals surface area (Å²) in [6.07, 6.45) is 0. The van der Waals surface area contributed by atoms with Gasteiger partial charge < -0.3 is 18.6 Å². The van der Waals surface area contributed by atoms with Gasteiger partial charge in [0.1, 0.15) is 17.1 Å². The predicted molar refractivity (Wildman–Crippen MR) is 95.1 cm³/mol. The Balaban J connectivity index is 1.72. The third-order valence-electron chi connectivity index (χ3n) is 4.08. The van der Waals surface area contributed by atoms with Crippen LogP contribution >= 0.6 is 0 Å². The van der Waals surface area contributed by atoms with Crippen molar-refractivity contribution in [2.45, 2.75) is 6.92 Å². The number of methoxy groups -OCH3 is 2. The number of hydrogen-bond acceptors (Lipinski definition) is 6. The van der Waals surface area contributed by atoms with Crippen LogP contribution in [0.15, 0.2) is 46.9 Å². The van der Waals surface area contributed by atoms with Crippen LogP contribution in [0.4, 0.5) is 0 Å². The predicted octanol–water partition coefficient (Wildman–Crippen LogP) is 3.80. The molecule has 134 valence electrons. The standard InChI is InChI=1S/C20H18O6/c1-12-16-10-15(24-3)8-9-18(16)26-19(12)20(22)25-11-17(21)13-4-6-14(23-2)7-5-13/h4-10H,11H2,1-3H3. The number of rotatable bonds is 6. The Kier molecular flexibility index (Phi) is 4.93. The van der Waals surface area contributed by atoms with E-state index >= 15 is 0 Å². The van der Waals surface area contributed by atoms with Gasteiger partial charge in [-0.1, -0.05) is 0 Å². The second-order valence-corrected chi connectivity index (χ2v) is 5.65. The molecule has 6 nitrogen and oxygen atoms in total. The molecule has 0 radical (unpaired) electrons. The van der Waals surface area contributed by atoms with E-state index in [0.29, 0.717) is 28.2 Å². The monoisotopic (exact) mass is 354 g/mol. The number of esters is 1. The third-order valence-corrected chi connectivity index (χ3v) is 4.08. The van der Waals surface area contributed by atoms with Crippen LogP contribution in [0, 0.1) is 6.92 Å². The zero-order chi connectivity index (χ0) is 18.7. The number of benzene rings is 2. The largest absolute Gasteiger partial charge is 0.497 e. The van der Waals surface area contributed by atoms with Gasteiger partial charge in [-0.3, -0.25) is 4.79 Å². The molecule has 3 rings (SSSR count). The van der Waals surface area contributed by atoms with Crippen LogP contribution in [0.2, 0.25) is 0 Å². The molecule has 0 aliphatic rings. The minimum Gasteiger partial charge on any atom is -0.497 e. The average Bonchev–Trinajstić information content (AvgIpc) is 3.02. The van der Waals surface area contributed by atoms with Crippen molar-refractivity contribution >= 4 is 22.7 Å². The fourth-order valence-corrected chi connectivity index (χ4v) is 2.58. The highest BCUT2D eigenvalue weighted by Crippen LogP contribution is 2.29. The van der Waals surface area contributed by atoms with E-state index in [4.69, 9.17) is 18.6 Å².